The maximum atomic E-state index is 11.6. The van der Waals surface area contributed by atoms with Crippen LogP contribution in [-0.4, -0.2) is 16.8 Å². The van der Waals surface area contributed by atoms with Crippen LogP contribution >= 0.6 is 0 Å². The maximum Gasteiger partial charge on any atom is 0.252 e. The number of carbonyl (C=O) groups excluding carboxylic acids is 2. The number of unbranched alkanes of at least 4 members (excludes halogenated alkanes) is 2. The largest absolute Gasteiger partial charge is 0.365 e. The van der Waals surface area contributed by atoms with E-state index in [1.165, 1.54) is 12.3 Å². The van der Waals surface area contributed by atoms with E-state index in [-0.39, 0.29) is 17.3 Å². The van der Waals surface area contributed by atoms with Crippen LogP contribution in [0.5, 0.6) is 0 Å². The SMILES string of the molecule is CCCCCC(=O)Nc1ncccc1C(N)=O. The molecule has 1 aromatic rings. The van der Waals surface area contributed by atoms with Crippen LogP contribution in [0.25, 0.3) is 0 Å². The van der Waals surface area contributed by atoms with Gasteiger partial charge in [0.25, 0.3) is 5.91 Å². The first-order chi connectivity index (χ1) is 8.15. The van der Waals surface area contributed by atoms with Crippen LogP contribution < -0.4 is 11.1 Å². The number of anilines is 1. The Morgan fingerprint density at radius 2 is 2.18 bits per heavy atom. The smallest absolute Gasteiger partial charge is 0.252 e. The number of nitrogens with one attached hydrogen (secondary N) is 1. The Hall–Kier alpha value is -1.91. The minimum Gasteiger partial charge on any atom is -0.365 e. The van der Waals surface area contributed by atoms with E-state index in [4.69, 9.17) is 5.73 Å². The monoisotopic (exact) mass is 235 g/mol. The molecular weight excluding hydrogens is 218 g/mol. The van der Waals surface area contributed by atoms with Crippen LogP contribution in [0.4, 0.5) is 5.82 Å². The van der Waals surface area contributed by atoms with Crippen molar-refractivity contribution >= 4 is 17.6 Å². The van der Waals surface area contributed by atoms with Crippen LogP contribution in [0.15, 0.2) is 18.3 Å². The van der Waals surface area contributed by atoms with E-state index in [9.17, 15) is 9.59 Å². The molecule has 1 heterocycles. The fourth-order valence-electron chi connectivity index (χ4n) is 1.43. The predicted octanol–water partition coefficient (Wildman–Crippen LogP) is 1.70. The van der Waals surface area contributed by atoms with Gasteiger partial charge in [-0.2, -0.15) is 0 Å². The number of pyridine rings is 1. The second-order valence-corrected chi connectivity index (χ2v) is 3.77. The lowest BCUT2D eigenvalue weighted by Gasteiger charge is -2.07. The van der Waals surface area contributed by atoms with Crippen molar-refractivity contribution in [3.8, 4) is 0 Å². The highest BCUT2D eigenvalue weighted by atomic mass is 16.2. The third-order valence-corrected chi connectivity index (χ3v) is 2.34. The third kappa shape index (κ3) is 4.22. The molecule has 0 bridgehead atoms. The van der Waals surface area contributed by atoms with Gasteiger partial charge in [0.2, 0.25) is 5.91 Å². The van der Waals surface area contributed by atoms with Gasteiger partial charge in [0, 0.05) is 12.6 Å². The molecule has 92 valence electrons. The second kappa shape index (κ2) is 6.62. The molecule has 1 rings (SSSR count). The Labute approximate surface area is 100 Å². The molecule has 17 heavy (non-hydrogen) atoms. The summed E-state index contributed by atoms with van der Waals surface area (Å²) >= 11 is 0. The summed E-state index contributed by atoms with van der Waals surface area (Å²) in [5, 5.41) is 2.60. The van der Waals surface area contributed by atoms with Crippen molar-refractivity contribution in [2.24, 2.45) is 5.73 Å². The van der Waals surface area contributed by atoms with Crippen LogP contribution in [0.2, 0.25) is 0 Å². The summed E-state index contributed by atoms with van der Waals surface area (Å²) in [5.41, 5.74) is 5.41. The number of hydrogen-bond donors (Lipinski definition) is 2. The van der Waals surface area contributed by atoms with Crippen molar-refractivity contribution in [3.05, 3.63) is 23.9 Å². The van der Waals surface area contributed by atoms with Gasteiger partial charge in [-0.25, -0.2) is 4.98 Å². The molecular formula is C12H17N3O2. The summed E-state index contributed by atoms with van der Waals surface area (Å²) < 4.78 is 0. The van der Waals surface area contributed by atoms with E-state index in [2.05, 4.69) is 17.2 Å². The van der Waals surface area contributed by atoms with E-state index in [1.807, 2.05) is 0 Å². The molecule has 0 aliphatic rings. The minimum atomic E-state index is -0.595. The summed E-state index contributed by atoms with van der Waals surface area (Å²) in [4.78, 5) is 26.6. The highest BCUT2D eigenvalue weighted by molar-refractivity contribution is 6.01. The quantitative estimate of drug-likeness (QED) is 0.736. The lowest BCUT2D eigenvalue weighted by atomic mass is 10.2. The first-order valence-electron chi connectivity index (χ1n) is 5.69. The average Bonchev–Trinajstić information content (AvgIpc) is 2.29. The molecule has 0 unspecified atom stereocenters. The Balaban J connectivity index is 2.61. The molecule has 5 nitrogen and oxygen atoms in total. The van der Waals surface area contributed by atoms with Gasteiger partial charge < -0.3 is 11.1 Å². The van der Waals surface area contributed by atoms with Gasteiger partial charge in [-0.3, -0.25) is 9.59 Å². The third-order valence-electron chi connectivity index (χ3n) is 2.34. The zero-order valence-corrected chi connectivity index (χ0v) is 9.90. The predicted molar refractivity (Wildman–Crippen MR) is 65.5 cm³/mol. The summed E-state index contributed by atoms with van der Waals surface area (Å²) in [5.74, 6) is -0.497. The molecule has 5 heteroatoms. The molecule has 0 fully saturated rings. The Kier molecular flexibility index (Phi) is 5.13. The van der Waals surface area contributed by atoms with Crippen LogP contribution in [0.3, 0.4) is 0 Å². The minimum absolute atomic E-state index is 0.139. The van der Waals surface area contributed by atoms with Crippen molar-refractivity contribution < 1.29 is 9.59 Å². The van der Waals surface area contributed by atoms with Crippen LogP contribution in [0.1, 0.15) is 43.0 Å². The lowest BCUT2D eigenvalue weighted by molar-refractivity contribution is -0.116. The molecule has 0 saturated carbocycles. The summed E-state index contributed by atoms with van der Waals surface area (Å²) in [6.45, 7) is 2.07. The Morgan fingerprint density at radius 3 is 2.82 bits per heavy atom. The van der Waals surface area contributed by atoms with E-state index >= 15 is 0 Å². The maximum absolute atomic E-state index is 11.6. The average molecular weight is 235 g/mol. The first kappa shape index (κ1) is 13.2. The van der Waals surface area contributed by atoms with Gasteiger partial charge in [0.1, 0.15) is 5.82 Å². The molecule has 1 aromatic heterocycles. The molecule has 0 saturated heterocycles. The number of aromatic nitrogens is 1. The van der Waals surface area contributed by atoms with Gasteiger partial charge in [-0.05, 0) is 18.6 Å². The molecule has 0 aliphatic carbocycles. The molecule has 2 amide bonds. The van der Waals surface area contributed by atoms with Gasteiger partial charge >= 0.3 is 0 Å². The van der Waals surface area contributed by atoms with Gasteiger partial charge in [0.05, 0.1) is 5.56 Å². The van der Waals surface area contributed by atoms with E-state index in [0.29, 0.717) is 6.42 Å². The van der Waals surface area contributed by atoms with Crippen molar-refractivity contribution in [1.29, 1.82) is 0 Å². The molecule has 0 atom stereocenters. The van der Waals surface area contributed by atoms with E-state index in [0.717, 1.165) is 19.3 Å². The lowest BCUT2D eigenvalue weighted by Crippen LogP contribution is -2.19. The van der Waals surface area contributed by atoms with Crippen molar-refractivity contribution in [1.82, 2.24) is 4.98 Å². The molecule has 3 N–H and O–H groups in total. The van der Waals surface area contributed by atoms with Gasteiger partial charge in [-0.1, -0.05) is 19.8 Å². The number of primary amides is 1. The summed E-state index contributed by atoms with van der Waals surface area (Å²) in [7, 11) is 0. The number of nitrogens with zero attached hydrogens (tertiary/aromatic N) is 1. The zero-order valence-electron chi connectivity index (χ0n) is 9.90. The van der Waals surface area contributed by atoms with Gasteiger partial charge in [0.15, 0.2) is 0 Å². The molecule has 0 aliphatic heterocycles. The first-order valence-corrected chi connectivity index (χ1v) is 5.69. The normalized spacial score (nSPS) is 9.94. The van der Waals surface area contributed by atoms with Crippen molar-refractivity contribution in [2.45, 2.75) is 32.6 Å². The highest BCUT2D eigenvalue weighted by Gasteiger charge is 2.11. The van der Waals surface area contributed by atoms with Gasteiger partial charge in [-0.15, -0.1) is 0 Å². The Morgan fingerprint density at radius 1 is 1.41 bits per heavy atom. The van der Waals surface area contributed by atoms with Crippen LogP contribution in [0, 0.1) is 0 Å². The number of amides is 2. The standard InChI is InChI=1S/C12H17N3O2/c1-2-3-4-7-10(16)15-12-9(11(13)17)6-5-8-14-12/h5-6,8H,2-4,7H2,1H3,(H2,13,17)(H,14,15,16). The van der Waals surface area contributed by atoms with E-state index < -0.39 is 5.91 Å². The highest BCUT2D eigenvalue weighted by Crippen LogP contribution is 2.11. The fraction of sp³-hybridized carbons (Fsp3) is 0.417. The zero-order chi connectivity index (χ0) is 12.7. The summed E-state index contributed by atoms with van der Waals surface area (Å²) in [6.07, 6.45) is 4.85. The molecule has 0 radical (unpaired) electrons. The molecule has 0 aromatic carbocycles. The van der Waals surface area contributed by atoms with Crippen molar-refractivity contribution in [3.63, 3.8) is 0 Å². The number of hydrogen-bond acceptors (Lipinski definition) is 3. The number of nitrogens with two attached hydrogens (primary N) is 1. The van der Waals surface area contributed by atoms with Crippen molar-refractivity contribution in [2.75, 3.05) is 5.32 Å². The van der Waals surface area contributed by atoms with Crippen LogP contribution in [-0.2, 0) is 4.79 Å². The fourth-order valence-corrected chi connectivity index (χ4v) is 1.43. The molecule has 0 spiro atoms. The topological polar surface area (TPSA) is 85.1 Å². The number of carbonyl (C=O) groups is 2. The second-order valence-electron chi connectivity index (χ2n) is 3.77. The Bertz CT molecular complexity index is 404. The number of rotatable bonds is 6. The van der Waals surface area contributed by atoms with E-state index in [1.54, 1.807) is 6.07 Å². The summed E-state index contributed by atoms with van der Waals surface area (Å²) in [6, 6.07) is 3.14.